The van der Waals surface area contributed by atoms with Gasteiger partial charge in [0.1, 0.15) is 5.76 Å². The van der Waals surface area contributed by atoms with Crippen LogP contribution in [0.1, 0.15) is 31.9 Å². The van der Waals surface area contributed by atoms with Crippen molar-refractivity contribution in [2.24, 2.45) is 0 Å². The molecule has 19 heavy (non-hydrogen) atoms. The normalized spacial score (nSPS) is 11.9. The standard InChI is InChI=1S/C13H20N2O4/c1-10(5-3-7-12(16)17)14-13(18)15(2)9-11-6-4-8-19-11/h4,6,8,10H,3,5,7,9H2,1-2H3,(H,14,18)(H,16,17). The van der Waals surface area contributed by atoms with Gasteiger partial charge in [0, 0.05) is 19.5 Å². The van der Waals surface area contributed by atoms with E-state index in [4.69, 9.17) is 9.52 Å². The molecular formula is C13H20N2O4. The van der Waals surface area contributed by atoms with Crippen molar-refractivity contribution < 1.29 is 19.1 Å². The van der Waals surface area contributed by atoms with E-state index in [0.29, 0.717) is 19.4 Å². The van der Waals surface area contributed by atoms with Crippen molar-refractivity contribution >= 4 is 12.0 Å². The first-order valence-corrected chi connectivity index (χ1v) is 6.25. The van der Waals surface area contributed by atoms with Gasteiger partial charge >= 0.3 is 12.0 Å². The maximum Gasteiger partial charge on any atom is 0.317 e. The molecule has 0 spiro atoms. The minimum Gasteiger partial charge on any atom is -0.481 e. The van der Waals surface area contributed by atoms with Gasteiger partial charge in [0.05, 0.1) is 12.8 Å². The molecule has 1 aromatic rings. The van der Waals surface area contributed by atoms with E-state index in [1.54, 1.807) is 25.4 Å². The number of amides is 2. The number of furan rings is 1. The molecule has 6 heteroatoms. The van der Waals surface area contributed by atoms with Crippen molar-refractivity contribution in [3.05, 3.63) is 24.2 Å². The molecule has 1 aromatic heterocycles. The van der Waals surface area contributed by atoms with Crippen LogP contribution in [0.3, 0.4) is 0 Å². The van der Waals surface area contributed by atoms with E-state index in [9.17, 15) is 9.59 Å². The molecule has 0 aliphatic heterocycles. The SMILES string of the molecule is CC(CCCC(=O)O)NC(=O)N(C)Cc1ccco1. The van der Waals surface area contributed by atoms with Crippen molar-refractivity contribution in [1.29, 1.82) is 0 Å². The van der Waals surface area contributed by atoms with E-state index in [1.165, 1.54) is 4.90 Å². The molecule has 1 atom stereocenters. The number of urea groups is 1. The molecule has 1 unspecified atom stereocenters. The van der Waals surface area contributed by atoms with Crippen molar-refractivity contribution in [2.75, 3.05) is 7.05 Å². The van der Waals surface area contributed by atoms with Gasteiger partial charge < -0.3 is 19.7 Å². The first-order valence-electron chi connectivity index (χ1n) is 6.25. The smallest absolute Gasteiger partial charge is 0.317 e. The summed E-state index contributed by atoms with van der Waals surface area (Å²) in [6.45, 7) is 2.27. The van der Waals surface area contributed by atoms with Gasteiger partial charge in [0.2, 0.25) is 0 Å². The molecule has 106 valence electrons. The van der Waals surface area contributed by atoms with E-state index in [-0.39, 0.29) is 18.5 Å². The first kappa shape index (κ1) is 15.1. The molecule has 2 N–H and O–H groups in total. The van der Waals surface area contributed by atoms with Gasteiger partial charge in [-0.05, 0) is 31.9 Å². The Balaban J connectivity index is 2.27. The fourth-order valence-electron chi connectivity index (χ4n) is 1.66. The number of nitrogens with zero attached hydrogens (tertiary/aromatic N) is 1. The topological polar surface area (TPSA) is 82.8 Å². The molecule has 0 saturated heterocycles. The average Bonchev–Trinajstić information content (AvgIpc) is 2.81. The largest absolute Gasteiger partial charge is 0.481 e. The lowest BCUT2D eigenvalue weighted by molar-refractivity contribution is -0.137. The molecule has 0 aromatic carbocycles. The number of carbonyl (C=O) groups is 2. The molecule has 0 saturated carbocycles. The second-order valence-corrected chi connectivity index (χ2v) is 4.57. The summed E-state index contributed by atoms with van der Waals surface area (Å²) < 4.78 is 5.16. The van der Waals surface area contributed by atoms with E-state index in [0.717, 1.165) is 5.76 Å². The zero-order chi connectivity index (χ0) is 14.3. The van der Waals surface area contributed by atoms with Crippen LogP contribution in [0.25, 0.3) is 0 Å². The van der Waals surface area contributed by atoms with Crippen LogP contribution in [0.4, 0.5) is 4.79 Å². The molecule has 0 bridgehead atoms. The number of hydrogen-bond donors (Lipinski definition) is 2. The van der Waals surface area contributed by atoms with E-state index < -0.39 is 5.97 Å². The lowest BCUT2D eigenvalue weighted by Gasteiger charge is -2.20. The Kier molecular flexibility index (Phi) is 5.92. The maximum absolute atomic E-state index is 11.8. The van der Waals surface area contributed by atoms with Gasteiger partial charge in [0.15, 0.2) is 0 Å². The highest BCUT2D eigenvalue weighted by molar-refractivity contribution is 5.74. The lowest BCUT2D eigenvalue weighted by Crippen LogP contribution is -2.41. The van der Waals surface area contributed by atoms with Crippen LogP contribution < -0.4 is 5.32 Å². The van der Waals surface area contributed by atoms with Gasteiger partial charge in [0.25, 0.3) is 0 Å². The molecular weight excluding hydrogens is 248 g/mol. The Bertz CT molecular complexity index is 403. The number of hydrogen-bond acceptors (Lipinski definition) is 3. The summed E-state index contributed by atoms with van der Waals surface area (Å²) in [7, 11) is 1.68. The summed E-state index contributed by atoms with van der Waals surface area (Å²) in [5, 5.41) is 11.4. The third kappa shape index (κ3) is 5.94. The number of carbonyl (C=O) groups excluding carboxylic acids is 1. The minimum absolute atomic E-state index is 0.0501. The summed E-state index contributed by atoms with van der Waals surface area (Å²) in [6.07, 6.45) is 2.89. The van der Waals surface area contributed by atoms with Crippen LogP contribution in [0.2, 0.25) is 0 Å². The average molecular weight is 268 g/mol. The van der Waals surface area contributed by atoms with Gasteiger partial charge in [-0.15, -0.1) is 0 Å². The maximum atomic E-state index is 11.8. The van der Waals surface area contributed by atoms with E-state index in [1.807, 2.05) is 6.92 Å². The summed E-state index contributed by atoms with van der Waals surface area (Å²) in [6, 6.07) is 3.33. The second kappa shape index (κ2) is 7.45. The molecule has 0 radical (unpaired) electrons. The predicted molar refractivity (Wildman–Crippen MR) is 69.7 cm³/mol. The summed E-state index contributed by atoms with van der Waals surface area (Å²) >= 11 is 0. The zero-order valence-electron chi connectivity index (χ0n) is 11.3. The van der Waals surface area contributed by atoms with Crippen molar-refractivity contribution in [2.45, 2.75) is 38.8 Å². The predicted octanol–water partition coefficient (Wildman–Crippen LogP) is 2.06. The lowest BCUT2D eigenvalue weighted by atomic mass is 10.1. The van der Waals surface area contributed by atoms with Crippen LogP contribution in [0, 0.1) is 0 Å². The molecule has 0 aliphatic carbocycles. The Morgan fingerprint density at radius 3 is 2.84 bits per heavy atom. The second-order valence-electron chi connectivity index (χ2n) is 4.57. The number of aliphatic carboxylic acids is 1. The Labute approximate surface area is 112 Å². The van der Waals surface area contributed by atoms with Crippen molar-refractivity contribution in [3.8, 4) is 0 Å². The monoisotopic (exact) mass is 268 g/mol. The number of carboxylic acid groups (broad SMARTS) is 1. The number of rotatable bonds is 7. The fraction of sp³-hybridized carbons (Fsp3) is 0.538. The van der Waals surface area contributed by atoms with Crippen molar-refractivity contribution in [1.82, 2.24) is 10.2 Å². The van der Waals surface area contributed by atoms with Gasteiger partial charge in [-0.1, -0.05) is 0 Å². The summed E-state index contributed by atoms with van der Waals surface area (Å²) in [4.78, 5) is 23.7. The van der Waals surface area contributed by atoms with Crippen LogP contribution >= 0.6 is 0 Å². The fourth-order valence-corrected chi connectivity index (χ4v) is 1.66. The molecule has 0 aliphatic rings. The van der Waals surface area contributed by atoms with Crippen LogP contribution in [0.15, 0.2) is 22.8 Å². The minimum atomic E-state index is -0.812. The summed E-state index contributed by atoms with van der Waals surface area (Å²) in [5.41, 5.74) is 0. The van der Waals surface area contributed by atoms with E-state index >= 15 is 0 Å². The van der Waals surface area contributed by atoms with E-state index in [2.05, 4.69) is 5.32 Å². The molecule has 6 nitrogen and oxygen atoms in total. The van der Waals surface area contributed by atoms with Gasteiger partial charge in [-0.3, -0.25) is 4.79 Å². The molecule has 0 fully saturated rings. The Morgan fingerprint density at radius 2 is 2.26 bits per heavy atom. The van der Waals surface area contributed by atoms with Crippen LogP contribution in [0.5, 0.6) is 0 Å². The highest BCUT2D eigenvalue weighted by Crippen LogP contribution is 2.05. The van der Waals surface area contributed by atoms with Crippen LogP contribution in [-0.4, -0.2) is 35.1 Å². The number of carboxylic acids is 1. The Morgan fingerprint density at radius 1 is 1.53 bits per heavy atom. The zero-order valence-corrected chi connectivity index (χ0v) is 11.3. The van der Waals surface area contributed by atoms with Crippen LogP contribution in [-0.2, 0) is 11.3 Å². The van der Waals surface area contributed by atoms with Gasteiger partial charge in [-0.2, -0.15) is 0 Å². The molecule has 1 rings (SSSR count). The number of nitrogens with one attached hydrogen (secondary N) is 1. The molecule has 1 heterocycles. The van der Waals surface area contributed by atoms with Crippen molar-refractivity contribution in [3.63, 3.8) is 0 Å². The molecule has 2 amide bonds. The quantitative estimate of drug-likeness (QED) is 0.793. The summed E-state index contributed by atoms with van der Waals surface area (Å²) in [5.74, 6) is -0.0929. The third-order valence-electron chi connectivity index (χ3n) is 2.72. The highest BCUT2D eigenvalue weighted by Gasteiger charge is 2.13. The van der Waals surface area contributed by atoms with Gasteiger partial charge in [-0.25, -0.2) is 4.79 Å². The third-order valence-corrected chi connectivity index (χ3v) is 2.72. The Hall–Kier alpha value is -1.98. The first-order chi connectivity index (χ1) is 8.99. The highest BCUT2D eigenvalue weighted by atomic mass is 16.4.